The number of hydrogen-bond donors (Lipinski definition) is 2. The van der Waals surface area contributed by atoms with Gasteiger partial charge in [-0.1, -0.05) is 6.07 Å². The van der Waals surface area contributed by atoms with Gasteiger partial charge < -0.3 is 11.1 Å². The fraction of sp³-hybridized carbons (Fsp3) is 0.200. The van der Waals surface area contributed by atoms with Crippen molar-refractivity contribution in [2.75, 3.05) is 5.32 Å². The van der Waals surface area contributed by atoms with Crippen molar-refractivity contribution in [2.24, 2.45) is 5.73 Å². The minimum Gasteiger partial charge on any atom is -0.366 e. The molecule has 0 aliphatic carbocycles. The molecule has 0 aliphatic rings. The lowest BCUT2D eigenvalue weighted by Gasteiger charge is -2.19. The maximum Gasteiger partial charge on any atom is 0.459 e. The largest absolute Gasteiger partial charge is 0.459 e. The Bertz CT molecular complexity index is 1300. The van der Waals surface area contributed by atoms with E-state index >= 15 is 0 Å². The zero-order valence-electron chi connectivity index (χ0n) is 17.3. The molecule has 1 aromatic carbocycles. The van der Waals surface area contributed by atoms with E-state index in [9.17, 15) is 44.7 Å². The van der Waals surface area contributed by atoms with Crippen LogP contribution in [-0.4, -0.2) is 32.8 Å². The third-order valence-electron chi connectivity index (χ3n) is 4.78. The van der Waals surface area contributed by atoms with Crippen molar-refractivity contribution >= 4 is 17.5 Å². The lowest BCUT2D eigenvalue weighted by molar-refractivity contribution is -0.290. The van der Waals surface area contributed by atoms with Crippen molar-refractivity contribution in [2.45, 2.75) is 25.2 Å². The molecule has 0 saturated heterocycles. The molecule has 0 bridgehead atoms. The fourth-order valence-corrected chi connectivity index (χ4v) is 3.11. The molecule has 15 heteroatoms. The molecule has 0 atom stereocenters. The number of pyridine rings is 1. The summed E-state index contributed by atoms with van der Waals surface area (Å²) in [6, 6.07) is 4.68. The lowest BCUT2D eigenvalue weighted by atomic mass is 10.1. The first kappa shape index (κ1) is 25.6. The number of nitrogens with one attached hydrogen (secondary N) is 1. The molecule has 3 N–H and O–H groups in total. The van der Waals surface area contributed by atoms with E-state index in [1.54, 1.807) is 0 Å². The first-order chi connectivity index (χ1) is 16.1. The highest BCUT2D eigenvalue weighted by molar-refractivity contribution is 6.05. The van der Waals surface area contributed by atoms with Gasteiger partial charge in [-0.05, 0) is 36.8 Å². The van der Waals surface area contributed by atoms with Crippen LogP contribution in [0.25, 0.3) is 5.69 Å². The summed E-state index contributed by atoms with van der Waals surface area (Å²) in [4.78, 5) is 27.1. The minimum atomic E-state index is -6.00. The highest BCUT2D eigenvalue weighted by Gasteiger charge is 2.60. The summed E-state index contributed by atoms with van der Waals surface area (Å²) in [5.74, 6) is -7.80. The summed E-state index contributed by atoms with van der Waals surface area (Å²) < 4.78 is 107. The van der Waals surface area contributed by atoms with Crippen LogP contribution in [0.4, 0.5) is 40.8 Å². The molecule has 0 spiro atoms. The number of carbonyl (C=O) groups excluding carboxylic acids is 2. The number of aromatic nitrogens is 3. The molecular formula is C20H13F8N5O2. The Balaban J connectivity index is 2.05. The average molecular weight is 507 g/mol. The first-order valence-electron chi connectivity index (χ1n) is 9.33. The highest BCUT2D eigenvalue weighted by atomic mass is 19.4. The summed E-state index contributed by atoms with van der Waals surface area (Å²) in [5, 5.41) is 5.41. The second-order valence-corrected chi connectivity index (χ2v) is 7.09. The number of halogens is 8. The topological polar surface area (TPSA) is 103 Å². The predicted octanol–water partition coefficient (Wildman–Crippen LogP) is 4.60. The summed E-state index contributed by atoms with van der Waals surface area (Å²) in [7, 11) is 0. The molecule has 0 aliphatic heterocycles. The number of benzene rings is 1. The number of anilines is 1. The van der Waals surface area contributed by atoms with E-state index in [4.69, 9.17) is 5.73 Å². The van der Waals surface area contributed by atoms with Crippen LogP contribution >= 0.6 is 0 Å². The van der Waals surface area contributed by atoms with Gasteiger partial charge in [-0.3, -0.25) is 14.6 Å². The fourth-order valence-electron chi connectivity index (χ4n) is 3.11. The van der Waals surface area contributed by atoms with Gasteiger partial charge in [0, 0.05) is 17.4 Å². The van der Waals surface area contributed by atoms with Crippen molar-refractivity contribution in [1.82, 2.24) is 14.8 Å². The van der Waals surface area contributed by atoms with Crippen LogP contribution in [0.15, 0.2) is 42.7 Å². The van der Waals surface area contributed by atoms with Crippen LogP contribution in [0.3, 0.4) is 0 Å². The van der Waals surface area contributed by atoms with E-state index in [0.717, 1.165) is 6.07 Å². The maximum absolute atomic E-state index is 13.9. The number of hydrogen-bond acceptors (Lipinski definition) is 4. The molecule has 186 valence electrons. The van der Waals surface area contributed by atoms with Crippen LogP contribution in [-0.2, 0) is 12.1 Å². The lowest BCUT2D eigenvalue weighted by Crippen LogP contribution is -2.34. The molecule has 35 heavy (non-hydrogen) atoms. The van der Waals surface area contributed by atoms with Crippen molar-refractivity contribution in [3.05, 3.63) is 70.8 Å². The van der Waals surface area contributed by atoms with Gasteiger partial charge in [-0.15, -0.1) is 0 Å². The normalized spacial score (nSPS) is 12.5. The Morgan fingerprint density at radius 1 is 1.00 bits per heavy atom. The SMILES string of the molecule is Cc1c(C(N)=O)cccc1-n1ncc(C(=O)Nc2ccnc(C(F)(F)C(F)(F)F)c2)c1C(F)(F)F. The van der Waals surface area contributed by atoms with Crippen LogP contribution < -0.4 is 11.1 Å². The van der Waals surface area contributed by atoms with Crippen LogP contribution in [0.5, 0.6) is 0 Å². The molecule has 0 saturated carbocycles. The van der Waals surface area contributed by atoms with Gasteiger partial charge in [0.25, 0.3) is 5.91 Å². The van der Waals surface area contributed by atoms with Crippen molar-refractivity contribution in [3.8, 4) is 5.69 Å². The average Bonchev–Trinajstić information content (AvgIpc) is 3.19. The number of carbonyl (C=O) groups is 2. The molecule has 3 aromatic rings. The van der Waals surface area contributed by atoms with Crippen LogP contribution in [0, 0.1) is 6.92 Å². The van der Waals surface area contributed by atoms with Gasteiger partial charge in [0.15, 0.2) is 5.69 Å². The van der Waals surface area contributed by atoms with E-state index in [0.29, 0.717) is 17.1 Å². The smallest absolute Gasteiger partial charge is 0.366 e. The Kier molecular flexibility index (Phi) is 6.31. The molecule has 0 radical (unpaired) electrons. The Labute approximate surface area is 190 Å². The zero-order chi connectivity index (χ0) is 26.3. The van der Waals surface area contributed by atoms with Gasteiger partial charge >= 0.3 is 18.3 Å². The second-order valence-electron chi connectivity index (χ2n) is 7.09. The van der Waals surface area contributed by atoms with Gasteiger partial charge in [-0.2, -0.15) is 40.2 Å². The Morgan fingerprint density at radius 2 is 1.66 bits per heavy atom. The molecule has 2 amide bonds. The van der Waals surface area contributed by atoms with E-state index in [1.807, 2.05) is 5.32 Å². The van der Waals surface area contributed by atoms with Crippen molar-refractivity contribution < 1.29 is 44.7 Å². The third-order valence-corrected chi connectivity index (χ3v) is 4.78. The molecule has 0 unspecified atom stereocenters. The van der Waals surface area contributed by atoms with Gasteiger partial charge in [-0.25, -0.2) is 4.68 Å². The van der Waals surface area contributed by atoms with Gasteiger partial charge in [0.05, 0.1) is 17.4 Å². The molecule has 7 nitrogen and oxygen atoms in total. The summed E-state index contributed by atoms with van der Waals surface area (Å²) in [6.45, 7) is 1.30. The monoisotopic (exact) mass is 507 g/mol. The number of alkyl halides is 8. The van der Waals surface area contributed by atoms with E-state index in [2.05, 4.69) is 10.1 Å². The molecule has 2 aromatic heterocycles. The van der Waals surface area contributed by atoms with E-state index in [1.165, 1.54) is 25.1 Å². The number of nitrogens with two attached hydrogens (primary N) is 1. The van der Waals surface area contributed by atoms with Crippen LogP contribution in [0.1, 0.15) is 37.7 Å². The molecule has 2 heterocycles. The Hall–Kier alpha value is -4.04. The van der Waals surface area contributed by atoms with E-state index in [-0.39, 0.29) is 22.9 Å². The van der Waals surface area contributed by atoms with E-state index < -0.39 is 52.7 Å². The minimum absolute atomic E-state index is 0.0220. The summed E-state index contributed by atoms with van der Waals surface area (Å²) in [5.41, 5.74) is -0.200. The number of nitrogens with zero attached hydrogens (tertiary/aromatic N) is 3. The summed E-state index contributed by atoms with van der Waals surface area (Å²) in [6.07, 6.45) is -10.1. The number of rotatable bonds is 5. The molecule has 0 fully saturated rings. The van der Waals surface area contributed by atoms with Crippen molar-refractivity contribution in [1.29, 1.82) is 0 Å². The number of primary amides is 1. The highest BCUT2D eigenvalue weighted by Crippen LogP contribution is 2.43. The quantitative estimate of drug-likeness (QED) is 0.493. The maximum atomic E-state index is 13.9. The predicted molar refractivity (Wildman–Crippen MR) is 104 cm³/mol. The van der Waals surface area contributed by atoms with Gasteiger partial charge in [0.2, 0.25) is 5.91 Å². The Morgan fingerprint density at radius 3 is 2.23 bits per heavy atom. The standard InChI is InChI=1S/C20H13F8N5O2/c1-9-11(16(29)34)3-2-4-13(9)33-15(19(23,24)25)12(8-31-33)17(35)32-10-5-6-30-14(7-10)18(21,22)20(26,27)28/h2-8H,1H3,(H2,29,34)(H,30,32,35). The number of amides is 2. The third kappa shape index (κ3) is 4.79. The van der Waals surface area contributed by atoms with Crippen LogP contribution in [0.2, 0.25) is 0 Å². The van der Waals surface area contributed by atoms with Gasteiger partial charge in [0.1, 0.15) is 5.69 Å². The zero-order valence-corrected chi connectivity index (χ0v) is 17.3. The second kappa shape index (κ2) is 8.63. The molecular weight excluding hydrogens is 494 g/mol. The van der Waals surface area contributed by atoms with Crippen molar-refractivity contribution in [3.63, 3.8) is 0 Å². The summed E-state index contributed by atoms with van der Waals surface area (Å²) >= 11 is 0. The first-order valence-corrected chi connectivity index (χ1v) is 9.33. The molecule has 3 rings (SSSR count).